The lowest BCUT2D eigenvalue weighted by atomic mass is 9.83. The Morgan fingerprint density at radius 3 is 2.46 bits per heavy atom. The van der Waals surface area contributed by atoms with Gasteiger partial charge in [0.25, 0.3) is 5.91 Å². The number of benzene rings is 1. The van der Waals surface area contributed by atoms with Crippen LogP contribution in [-0.4, -0.2) is 102 Å². The Hall–Kier alpha value is -2.99. The maximum absolute atomic E-state index is 13.5. The molecule has 3 rings (SSSR count). The number of methoxy groups -OCH3 is 1. The van der Waals surface area contributed by atoms with Gasteiger partial charge in [0.2, 0.25) is 5.91 Å². The fraction of sp³-hybridized carbons (Fsp3) is 0.607. The van der Waals surface area contributed by atoms with Crippen LogP contribution < -0.4 is 5.32 Å². The SMILES string of the molecule is CO[C@H](/C(=N/OCC(=O)NC(Cc1cn(C)c2ccccc12)C(=O)N1CCOCC1)C(O)C(C)O)C(C)(C)C. The number of para-hydroxylation sites is 1. The molecule has 0 saturated carbocycles. The Morgan fingerprint density at radius 2 is 1.85 bits per heavy atom. The summed E-state index contributed by atoms with van der Waals surface area (Å²) in [6, 6.07) is 7.08. The van der Waals surface area contributed by atoms with Gasteiger partial charge in [-0.1, -0.05) is 44.1 Å². The standard InChI is InChI=1S/C28H42N4O7/c1-18(33)25(35)24(26(37-6)28(2,3)4)30-39-17-23(34)29-21(27(36)32-11-13-38-14-12-32)15-19-16-31(5)22-10-8-7-9-20(19)22/h7-10,16,18,21,25-26,33,35H,11-15,17H2,1-6H3,(H,29,34)/b30-24+/t18?,21?,25?,26-/m1/s1. The molecular formula is C28H42N4O7. The molecule has 0 spiro atoms. The van der Waals surface area contributed by atoms with Gasteiger partial charge in [0.1, 0.15) is 24.0 Å². The van der Waals surface area contributed by atoms with Gasteiger partial charge < -0.3 is 39.3 Å². The number of oxime groups is 1. The number of nitrogens with zero attached hydrogens (tertiary/aromatic N) is 3. The first-order valence-electron chi connectivity index (χ1n) is 13.2. The van der Waals surface area contributed by atoms with Crippen LogP contribution in [0, 0.1) is 5.41 Å². The number of hydrogen-bond acceptors (Lipinski definition) is 8. The zero-order valence-electron chi connectivity index (χ0n) is 23.7. The molecule has 39 heavy (non-hydrogen) atoms. The molecule has 0 bridgehead atoms. The summed E-state index contributed by atoms with van der Waals surface area (Å²) in [7, 11) is 3.42. The third-order valence-corrected chi connectivity index (χ3v) is 6.78. The first-order chi connectivity index (χ1) is 18.4. The fourth-order valence-electron chi connectivity index (χ4n) is 4.84. The predicted molar refractivity (Wildman–Crippen MR) is 147 cm³/mol. The van der Waals surface area contributed by atoms with Gasteiger partial charge >= 0.3 is 0 Å². The lowest BCUT2D eigenvalue weighted by Crippen LogP contribution is -2.53. The van der Waals surface area contributed by atoms with Gasteiger partial charge in [0.15, 0.2) is 6.61 Å². The van der Waals surface area contributed by atoms with Crippen LogP contribution in [0.1, 0.15) is 33.3 Å². The van der Waals surface area contributed by atoms with Crippen LogP contribution in [0.4, 0.5) is 0 Å². The van der Waals surface area contributed by atoms with Crippen molar-refractivity contribution in [3.63, 3.8) is 0 Å². The molecule has 1 fully saturated rings. The average molecular weight is 547 g/mol. The number of aryl methyl sites for hydroxylation is 1. The van der Waals surface area contributed by atoms with Crippen molar-refractivity contribution >= 4 is 28.4 Å². The second kappa shape index (κ2) is 13.4. The first kappa shape index (κ1) is 30.6. The number of rotatable bonds is 11. The molecule has 0 aliphatic carbocycles. The highest BCUT2D eigenvalue weighted by Gasteiger charge is 2.36. The Bertz CT molecular complexity index is 1150. The maximum atomic E-state index is 13.5. The quantitative estimate of drug-likeness (QED) is 0.285. The zero-order chi connectivity index (χ0) is 28.7. The van der Waals surface area contributed by atoms with E-state index in [1.807, 2.05) is 62.8 Å². The van der Waals surface area contributed by atoms with E-state index in [1.54, 1.807) is 4.90 Å². The summed E-state index contributed by atoms with van der Waals surface area (Å²) in [5, 5.41) is 28.3. The molecule has 1 saturated heterocycles. The molecule has 3 N–H and O–H groups in total. The smallest absolute Gasteiger partial charge is 0.261 e. The second-order valence-corrected chi connectivity index (χ2v) is 11.0. The molecule has 11 nitrogen and oxygen atoms in total. The predicted octanol–water partition coefficient (Wildman–Crippen LogP) is 1.24. The molecule has 0 radical (unpaired) electrons. The largest absolute Gasteiger partial charge is 0.390 e. The molecule has 1 aromatic heterocycles. The van der Waals surface area contributed by atoms with Crippen molar-refractivity contribution in [1.82, 2.24) is 14.8 Å². The lowest BCUT2D eigenvalue weighted by molar-refractivity contribution is -0.140. The van der Waals surface area contributed by atoms with Crippen molar-refractivity contribution in [3.8, 4) is 0 Å². The van der Waals surface area contributed by atoms with E-state index in [0.29, 0.717) is 32.7 Å². The molecule has 2 aromatic rings. The van der Waals surface area contributed by atoms with Crippen LogP contribution in [-0.2, 0) is 37.4 Å². The third-order valence-electron chi connectivity index (χ3n) is 6.78. The van der Waals surface area contributed by atoms with Crippen LogP contribution >= 0.6 is 0 Å². The van der Waals surface area contributed by atoms with Crippen molar-refractivity contribution in [2.45, 2.75) is 58.5 Å². The maximum Gasteiger partial charge on any atom is 0.261 e. The summed E-state index contributed by atoms with van der Waals surface area (Å²) in [5.74, 6) is -0.735. The number of aromatic nitrogens is 1. The highest BCUT2D eigenvalue weighted by molar-refractivity contribution is 5.93. The third kappa shape index (κ3) is 7.78. The second-order valence-electron chi connectivity index (χ2n) is 11.0. The molecule has 1 aliphatic heterocycles. The Morgan fingerprint density at radius 1 is 1.18 bits per heavy atom. The van der Waals surface area contributed by atoms with E-state index in [0.717, 1.165) is 16.5 Å². The monoisotopic (exact) mass is 546 g/mol. The van der Waals surface area contributed by atoms with Crippen LogP contribution in [0.25, 0.3) is 10.9 Å². The van der Waals surface area contributed by atoms with Gasteiger partial charge in [0, 0.05) is 50.8 Å². The summed E-state index contributed by atoms with van der Waals surface area (Å²) in [5.41, 5.74) is 1.58. The zero-order valence-corrected chi connectivity index (χ0v) is 23.7. The van der Waals surface area contributed by atoms with E-state index >= 15 is 0 Å². The molecule has 4 atom stereocenters. The van der Waals surface area contributed by atoms with Crippen LogP contribution in [0.5, 0.6) is 0 Å². The number of ether oxygens (including phenoxy) is 2. The molecule has 1 aliphatic rings. The number of aliphatic hydroxyl groups is 2. The van der Waals surface area contributed by atoms with E-state index < -0.39 is 42.3 Å². The van der Waals surface area contributed by atoms with Gasteiger partial charge in [-0.15, -0.1) is 0 Å². The fourth-order valence-corrected chi connectivity index (χ4v) is 4.84. The van der Waals surface area contributed by atoms with Crippen molar-refractivity contribution in [3.05, 3.63) is 36.0 Å². The topological polar surface area (TPSA) is 135 Å². The number of fused-ring (bicyclic) bond motifs is 1. The Balaban J connectivity index is 1.78. The normalized spacial score (nSPS) is 17.9. The van der Waals surface area contributed by atoms with Gasteiger partial charge in [-0.3, -0.25) is 9.59 Å². The first-order valence-corrected chi connectivity index (χ1v) is 13.2. The summed E-state index contributed by atoms with van der Waals surface area (Å²) < 4.78 is 12.9. The minimum atomic E-state index is -1.35. The summed E-state index contributed by atoms with van der Waals surface area (Å²) in [6.45, 7) is 8.42. The number of hydrogen-bond donors (Lipinski definition) is 3. The summed E-state index contributed by atoms with van der Waals surface area (Å²) >= 11 is 0. The number of aliphatic hydroxyl groups excluding tert-OH is 2. The number of amides is 2. The number of morpholine rings is 1. The van der Waals surface area contributed by atoms with Crippen LogP contribution in [0.3, 0.4) is 0 Å². The van der Waals surface area contributed by atoms with E-state index in [-0.39, 0.29) is 11.6 Å². The minimum Gasteiger partial charge on any atom is -0.390 e. The van der Waals surface area contributed by atoms with Gasteiger partial charge in [-0.25, -0.2) is 0 Å². The highest BCUT2D eigenvalue weighted by atomic mass is 16.6. The van der Waals surface area contributed by atoms with Gasteiger partial charge in [-0.2, -0.15) is 0 Å². The van der Waals surface area contributed by atoms with E-state index in [1.165, 1.54) is 14.0 Å². The molecule has 216 valence electrons. The average Bonchev–Trinajstić information content (AvgIpc) is 3.21. The number of nitrogens with one attached hydrogen (secondary N) is 1. The molecule has 3 unspecified atom stereocenters. The van der Waals surface area contributed by atoms with Crippen molar-refractivity contribution in [2.75, 3.05) is 40.0 Å². The van der Waals surface area contributed by atoms with Crippen LogP contribution in [0.15, 0.2) is 35.6 Å². The minimum absolute atomic E-state index is 0.0736. The van der Waals surface area contributed by atoms with E-state index in [9.17, 15) is 19.8 Å². The number of carbonyl (C=O) groups excluding carboxylic acids is 2. The summed E-state index contributed by atoms with van der Waals surface area (Å²) in [4.78, 5) is 33.5. The van der Waals surface area contributed by atoms with Crippen LogP contribution in [0.2, 0.25) is 0 Å². The number of carbonyl (C=O) groups is 2. The van der Waals surface area contributed by atoms with Crippen molar-refractivity contribution in [2.24, 2.45) is 17.6 Å². The van der Waals surface area contributed by atoms with E-state index in [2.05, 4.69) is 10.5 Å². The van der Waals surface area contributed by atoms with Crippen molar-refractivity contribution in [1.29, 1.82) is 0 Å². The molecule has 11 heteroatoms. The lowest BCUT2D eigenvalue weighted by Gasteiger charge is -2.32. The molecule has 2 heterocycles. The molecular weight excluding hydrogens is 504 g/mol. The van der Waals surface area contributed by atoms with E-state index in [4.69, 9.17) is 14.3 Å². The Kier molecular flexibility index (Phi) is 10.5. The van der Waals surface area contributed by atoms with Crippen molar-refractivity contribution < 1.29 is 34.1 Å². The Labute approximate surface area is 229 Å². The molecule has 1 aromatic carbocycles. The van der Waals surface area contributed by atoms with Gasteiger partial charge in [0.05, 0.1) is 19.3 Å². The summed E-state index contributed by atoms with van der Waals surface area (Å²) in [6.07, 6.45) is -0.879. The highest BCUT2D eigenvalue weighted by Crippen LogP contribution is 2.25. The van der Waals surface area contributed by atoms with Gasteiger partial charge in [-0.05, 0) is 24.0 Å². The molecule has 2 amide bonds.